The van der Waals surface area contributed by atoms with Gasteiger partial charge in [0.1, 0.15) is 5.82 Å². The molecule has 1 aromatic heterocycles. The van der Waals surface area contributed by atoms with Crippen LogP contribution in [-0.2, 0) is 0 Å². The Hall–Kier alpha value is -3.15. The summed E-state index contributed by atoms with van der Waals surface area (Å²) >= 11 is 0. The summed E-state index contributed by atoms with van der Waals surface area (Å²) in [6.07, 6.45) is -1.16. The third-order valence-corrected chi connectivity index (χ3v) is 4.22. The van der Waals surface area contributed by atoms with Crippen molar-refractivity contribution >= 4 is 17.0 Å². The van der Waals surface area contributed by atoms with Gasteiger partial charge in [0.15, 0.2) is 0 Å². The molecule has 0 aliphatic carbocycles. The summed E-state index contributed by atoms with van der Waals surface area (Å²) < 4.78 is 1.51. The number of para-hydroxylation sites is 1. The molecule has 2 aromatic carbocycles. The lowest BCUT2D eigenvalue weighted by Crippen LogP contribution is -2.32. The van der Waals surface area contributed by atoms with Crippen molar-refractivity contribution in [3.63, 3.8) is 0 Å². The molecule has 128 valence electrons. The van der Waals surface area contributed by atoms with E-state index in [9.17, 15) is 9.59 Å². The molecule has 3 aromatic rings. The number of carbonyl (C=O) groups is 1. The Kier molecular flexibility index (Phi) is 4.27. The van der Waals surface area contributed by atoms with Crippen LogP contribution in [0.5, 0.6) is 0 Å². The maximum atomic E-state index is 13.3. The summed E-state index contributed by atoms with van der Waals surface area (Å²) in [5, 5.41) is 12.0. The van der Waals surface area contributed by atoms with E-state index in [1.54, 1.807) is 13.0 Å². The highest BCUT2D eigenvalue weighted by Crippen LogP contribution is 2.21. The molecular weight excluding hydrogens is 318 g/mol. The Morgan fingerprint density at radius 2 is 1.80 bits per heavy atom. The number of benzene rings is 2. The number of aromatic nitrogens is 2. The number of rotatable bonds is 3. The first kappa shape index (κ1) is 16.7. The summed E-state index contributed by atoms with van der Waals surface area (Å²) in [6, 6.07) is 12.3. The van der Waals surface area contributed by atoms with Crippen LogP contribution in [0, 0.1) is 13.8 Å². The lowest BCUT2D eigenvalue weighted by molar-refractivity contribution is 0.190. The van der Waals surface area contributed by atoms with Gasteiger partial charge >= 0.3 is 6.09 Å². The number of nitrogens with zero attached hydrogens (tertiary/aromatic N) is 2. The minimum absolute atomic E-state index is 0.202. The summed E-state index contributed by atoms with van der Waals surface area (Å²) in [6.45, 7) is 5.45. The molecule has 1 amide bonds. The minimum Gasteiger partial charge on any atom is -0.465 e. The third-order valence-electron chi connectivity index (χ3n) is 4.22. The highest BCUT2D eigenvalue weighted by Gasteiger charge is 2.20. The Balaban J connectivity index is 2.41. The topological polar surface area (TPSA) is 84.2 Å². The van der Waals surface area contributed by atoms with Crippen molar-refractivity contribution in [2.24, 2.45) is 0 Å². The Morgan fingerprint density at radius 1 is 1.12 bits per heavy atom. The van der Waals surface area contributed by atoms with E-state index >= 15 is 0 Å². The zero-order valence-corrected chi connectivity index (χ0v) is 14.3. The van der Waals surface area contributed by atoms with Gasteiger partial charge in [0.05, 0.1) is 22.6 Å². The van der Waals surface area contributed by atoms with Crippen molar-refractivity contribution in [3.8, 4) is 5.69 Å². The van der Waals surface area contributed by atoms with Crippen LogP contribution in [-0.4, -0.2) is 20.8 Å². The summed E-state index contributed by atoms with van der Waals surface area (Å²) in [4.78, 5) is 28.9. The van der Waals surface area contributed by atoms with Crippen LogP contribution < -0.4 is 10.9 Å². The largest absolute Gasteiger partial charge is 0.465 e. The maximum Gasteiger partial charge on any atom is 0.405 e. The Morgan fingerprint density at radius 3 is 2.48 bits per heavy atom. The van der Waals surface area contributed by atoms with E-state index in [2.05, 4.69) is 10.3 Å². The molecule has 0 spiro atoms. The monoisotopic (exact) mass is 337 g/mol. The third kappa shape index (κ3) is 2.98. The summed E-state index contributed by atoms with van der Waals surface area (Å²) in [7, 11) is 0. The van der Waals surface area contributed by atoms with E-state index in [0.717, 1.165) is 11.1 Å². The van der Waals surface area contributed by atoms with Gasteiger partial charge in [-0.15, -0.1) is 0 Å². The van der Waals surface area contributed by atoms with Crippen molar-refractivity contribution in [1.82, 2.24) is 14.9 Å². The SMILES string of the molecule is Cc1ccccc1-n1c([C@H](C)NC(=O)O)nc2cccc(C)c2c1=O. The molecule has 0 saturated heterocycles. The second-order valence-corrected chi connectivity index (χ2v) is 6.04. The van der Waals surface area contributed by atoms with E-state index in [4.69, 9.17) is 5.11 Å². The van der Waals surface area contributed by atoms with Crippen LogP contribution in [0.15, 0.2) is 47.3 Å². The van der Waals surface area contributed by atoms with Gasteiger partial charge in [-0.2, -0.15) is 0 Å². The number of nitrogens with one attached hydrogen (secondary N) is 1. The number of fused-ring (bicyclic) bond motifs is 1. The van der Waals surface area contributed by atoms with Crippen molar-refractivity contribution < 1.29 is 9.90 Å². The van der Waals surface area contributed by atoms with Crippen LogP contribution in [0.4, 0.5) is 4.79 Å². The van der Waals surface area contributed by atoms with Crippen molar-refractivity contribution in [1.29, 1.82) is 0 Å². The fraction of sp³-hybridized carbons (Fsp3) is 0.211. The fourth-order valence-electron chi connectivity index (χ4n) is 3.00. The van der Waals surface area contributed by atoms with Gasteiger partial charge in [0.25, 0.3) is 5.56 Å². The molecule has 0 fully saturated rings. The van der Waals surface area contributed by atoms with Crippen molar-refractivity contribution in [3.05, 3.63) is 69.8 Å². The molecule has 0 aliphatic heterocycles. The Bertz CT molecular complexity index is 1020. The average Bonchev–Trinajstić information content (AvgIpc) is 2.55. The molecule has 0 aliphatic rings. The van der Waals surface area contributed by atoms with Crippen LogP contribution in [0.1, 0.15) is 29.9 Å². The van der Waals surface area contributed by atoms with Gasteiger partial charge in [-0.05, 0) is 44.0 Å². The number of aryl methyl sites for hydroxylation is 2. The van der Waals surface area contributed by atoms with E-state index in [0.29, 0.717) is 22.4 Å². The van der Waals surface area contributed by atoms with Crippen LogP contribution >= 0.6 is 0 Å². The standard InChI is InChI=1S/C19H19N3O3/c1-11-7-4-5-10-15(11)22-17(13(3)20-19(24)25)21-14-9-6-8-12(2)16(14)18(22)23/h4-10,13,20H,1-3H3,(H,24,25)/t13-/m0/s1. The number of carboxylic acid groups (broad SMARTS) is 1. The highest BCUT2D eigenvalue weighted by atomic mass is 16.4. The van der Waals surface area contributed by atoms with Gasteiger partial charge in [-0.3, -0.25) is 9.36 Å². The summed E-state index contributed by atoms with van der Waals surface area (Å²) in [5.74, 6) is 0.361. The molecule has 2 N–H and O–H groups in total. The minimum atomic E-state index is -1.16. The van der Waals surface area contributed by atoms with E-state index in [1.165, 1.54) is 4.57 Å². The lowest BCUT2D eigenvalue weighted by Gasteiger charge is -2.20. The molecule has 3 rings (SSSR count). The van der Waals surface area contributed by atoms with Crippen molar-refractivity contribution in [2.75, 3.05) is 0 Å². The summed E-state index contributed by atoms with van der Waals surface area (Å²) in [5.41, 5.74) is 2.79. The van der Waals surface area contributed by atoms with Gasteiger partial charge < -0.3 is 10.4 Å². The molecule has 0 radical (unpaired) electrons. The molecule has 0 saturated carbocycles. The lowest BCUT2D eigenvalue weighted by atomic mass is 10.1. The predicted molar refractivity (Wildman–Crippen MR) is 96.4 cm³/mol. The highest BCUT2D eigenvalue weighted by molar-refractivity contribution is 5.81. The fourth-order valence-corrected chi connectivity index (χ4v) is 3.00. The predicted octanol–water partition coefficient (Wildman–Crippen LogP) is 3.33. The molecule has 0 bridgehead atoms. The molecule has 6 nitrogen and oxygen atoms in total. The second-order valence-electron chi connectivity index (χ2n) is 6.04. The van der Waals surface area contributed by atoms with E-state index in [-0.39, 0.29) is 5.56 Å². The molecule has 6 heteroatoms. The molecule has 1 atom stereocenters. The normalized spacial score (nSPS) is 12.1. The zero-order valence-electron chi connectivity index (χ0n) is 14.3. The van der Waals surface area contributed by atoms with Gasteiger partial charge in [0, 0.05) is 0 Å². The van der Waals surface area contributed by atoms with Gasteiger partial charge in [-0.25, -0.2) is 9.78 Å². The van der Waals surface area contributed by atoms with Crippen LogP contribution in [0.3, 0.4) is 0 Å². The quantitative estimate of drug-likeness (QED) is 0.768. The number of hydrogen-bond donors (Lipinski definition) is 2. The van der Waals surface area contributed by atoms with Gasteiger partial charge in [0.2, 0.25) is 0 Å². The van der Waals surface area contributed by atoms with E-state index < -0.39 is 12.1 Å². The number of hydrogen-bond acceptors (Lipinski definition) is 3. The van der Waals surface area contributed by atoms with Crippen LogP contribution in [0.2, 0.25) is 0 Å². The number of amides is 1. The van der Waals surface area contributed by atoms with Gasteiger partial charge in [-0.1, -0.05) is 30.3 Å². The van der Waals surface area contributed by atoms with Crippen molar-refractivity contribution in [2.45, 2.75) is 26.8 Å². The van der Waals surface area contributed by atoms with E-state index in [1.807, 2.05) is 50.2 Å². The first-order valence-electron chi connectivity index (χ1n) is 7.98. The second kappa shape index (κ2) is 6.39. The molecule has 1 heterocycles. The first-order chi connectivity index (χ1) is 11.9. The molecular formula is C19H19N3O3. The van der Waals surface area contributed by atoms with Crippen LogP contribution in [0.25, 0.3) is 16.6 Å². The molecule has 0 unspecified atom stereocenters. The maximum absolute atomic E-state index is 13.3. The smallest absolute Gasteiger partial charge is 0.405 e. The Labute approximate surface area is 144 Å². The average molecular weight is 337 g/mol. The first-order valence-corrected chi connectivity index (χ1v) is 7.98. The zero-order chi connectivity index (χ0) is 18.1. The molecule has 25 heavy (non-hydrogen) atoms.